The Hall–Kier alpha value is -3.40. The molecule has 1 aromatic carbocycles. The lowest BCUT2D eigenvalue weighted by molar-refractivity contribution is -0.123. The number of ether oxygens (including phenoxy) is 2. The Morgan fingerprint density at radius 1 is 1.14 bits per heavy atom. The van der Waals surface area contributed by atoms with Gasteiger partial charge in [0.05, 0.1) is 48.2 Å². The summed E-state index contributed by atoms with van der Waals surface area (Å²) in [6.45, 7) is 5.94. The summed E-state index contributed by atoms with van der Waals surface area (Å²) < 4.78 is 35.8. The molecule has 190 valence electrons. The quantitative estimate of drug-likeness (QED) is 0.381. The minimum atomic E-state index is -3.26. The van der Waals surface area contributed by atoms with Crippen molar-refractivity contribution in [3.05, 3.63) is 59.9 Å². The molecule has 0 saturated heterocycles. The third kappa shape index (κ3) is 5.70. The highest BCUT2D eigenvalue weighted by atomic mass is 32.2. The van der Waals surface area contributed by atoms with E-state index in [0.717, 1.165) is 11.1 Å². The fourth-order valence-corrected chi connectivity index (χ4v) is 5.42. The van der Waals surface area contributed by atoms with Gasteiger partial charge in [-0.3, -0.25) is 9.78 Å². The van der Waals surface area contributed by atoms with Crippen LogP contribution in [0.4, 0.5) is 0 Å². The van der Waals surface area contributed by atoms with Gasteiger partial charge in [-0.15, -0.1) is 0 Å². The number of hydrogen-bond acceptors (Lipinski definition) is 9. The summed E-state index contributed by atoms with van der Waals surface area (Å²) in [7, 11) is -1.70. The van der Waals surface area contributed by atoms with Crippen molar-refractivity contribution in [2.45, 2.75) is 56.5 Å². The van der Waals surface area contributed by atoms with Gasteiger partial charge in [-0.05, 0) is 45.7 Å². The molecule has 1 fully saturated rings. The molecule has 10 heteroatoms. The maximum absolute atomic E-state index is 13.4. The normalized spacial score (nSPS) is 13.9. The Morgan fingerprint density at radius 3 is 2.61 bits per heavy atom. The van der Waals surface area contributed by atoms with E-state index >= 15 is 0 Å². The molecule has 1 aliphatic rings. The van der Waals surface area contributed by atoms with Crippen LogP contribution in [0.3, 0.4) is 0 Å². The first kappa shape index (κ1) is 25.7. The first-order valence-electron chi connectivity index (χ1n) is 11.8. The van der Waals surface area contributed by atoms with Crippen LogP contribution in [0.1, 0.15) is 50.7 Å². The van der Waals surface area contributed by atoms with Crippen LogP contribution >= 0.6 is 0 Å². The van der Waals surface area contributed by atoms with Gasteiger partial charge < -0.3 is 9.47 Å². The number of ketones is 1. The van der Waals surface area contributed by atoms with Gasteiger partial charge in [0.2, 0.25) is 5.88 Å². The number of aromatic nitrogens is 4. The van der Waals surface area contributed by atoms with E-state index in [1.165, 1.54) is 6.20 Å². The number of Topliss-reactive ketones (excluding diaryl/α,β-unsaturated/α-hetero) is 1. The molecule has 36 heavy (non-hydrogen) atoms. The molecule has 0 radical (unpaired) electrons. The molecular formula is C26H30N4O5S. The van der Waals surface area contributed by atoms with Crippen molar-refractivity contribution in [3.8, 4) is 22.9 Å². The van der Waals surface area contributed by atoms with Gasteiger partial charge >= 0.3 is 0 Å². The minimum absolute atomic E-state index is 0.0821. The van der Waals surface area contributed by atoms with Crippen LogP contribution in [0, 0.1) is 0 Å². The molecule has 0 aliphatic heterocycles. The highest BCUT2D eigenvalue weighted by Gasteiger charge is 2.37. The molecule has 4 rings (SSSR count). The maximum atomic E-state index is 13.4. The summed E-state index contributed by atoms with van der Waals surface area (Å²) in [6.07, 6.45) is 6.21. The standard InChI is InChI=1S/C26H30N4O5S/c1-5-35-25-15-27-14-20(29-25)17-6-7-18(21(12-17)34-4)13-23(31)26(2,3)22-10-11-28-24(30-22)16-36(32,33)19-8-9-19/h6-7,10-12,14-15,19H,5,8-9,13,16H2,1-4H3. The molecule has 1 aliphatic carbocycles. The SMILES string of the molecule is CCOc1cncc(-c2ccc(CC(=O)C(C)(C)c3ccnc(CS(=O)(=O)C4CC4)n3)c(OC)c2)n1. The van der Waals surface area contributed by atoms with E-state index in [1.54, 1.807) is 39.4 Å². The Balaban J connectivity index is 1.54. The van der Waals surface area contributed by atoms with Crippen molar-refractivity contribution in [1.29, 1.82) is 0 Å². The highest BCUT2D eigenvalue weighted by molar-refractivity contribution is 7.91. The monoisotopic (exact) mass is 510 g/mol. The van der Waals surface area contributed by atoms with Crippen LogP contribution in [-0.4, -0.2) is 53.1 Å². The number of rotatable bonds is 11. The summed E-state index contributed by atoms with van der Waals surface area (Å²) in [5.41, 5.74) is 1.67. The zero-order valence-electron chi connectivity index (χ0n) is 20.9. The van der Waals surface area contributed by atoms with Crippen LogP contribution in [0.25, 0.3) is 11.3 Å². The molecular weight excluding hydrogens is 480 g/mol. The van der Waals surface area contributed by atoms with Crippen molar-refractivity contribution in [2.24, 2.45) is 0 Å². The van der Waals surface area contributed by atoms with Crippen LogP contribution in [0.15, 0.2) is 42.9 Å². The smallest absolute Gasteiger partial charge is 0.232 e. The van der Waals surface area contributed by atoms with Crippen molar-refractivity contribution >= 4 is 15.6 Å². The summed E-state index contributed by atoms with van der Waals surface area (Å²) in [5.74, 6) is 0.917. The Morgan fingerprint density at radius 2 is 1.92 bits per heavy atom. The molecule has 0 unspecified atom stereocenters. The maximum Gasteiger partial charge on any atom is 0.232 e. The molecule has 0 spiro atoms. The van der Waals surface area contributed by atoms with E-state index < -0.39 is 15.3 Å². The zero-order valence-corrected chi connectivity index (χ0v) is 21.7. The Kier molecular flexibility index (Phi) is 7.35. The van der Waals surface area contributed by atoms with E-state index in [0.29, 0.717) is 42.5 Å². The fourth-order valence-electron chi connectivity index (χ4n) is 3.83. The van der Waals surface area contributed by atoms with Crippen molar-refractivity contribution < 1.29 is 22.7 Å². The number of hydrogen-bond donors (Lipinski definition) is 0. The predicted molar refractivity (Wildman–Crippen MR) is 135 cm³/mol. The average molecular weight is 511 g/mol. The lowest BCUT2D eigenvalue weighted by Gasteiger charge is -2.23. The number of carbonyl (C=O) groups is 1. The van der Waals surface area contributed by atoms with Crippen molar-refractivity contribution in [2.75, 3.05) is 13.7 Å². The number of carbonyl (C=O) groups excluding carboxylic acids is 1. The molecule has 3 aromatic rings. The molecule has 2 heterocycles. The van der Waals surface area contributed by atoms with Gasteiger partial charge in [0.1, 0.15) is 23.1 Å². The van der Waals surface area contributed by atoms with Crippen molar-refractivity contribution in [1.82, 2.24) is 19.9 Å². The second-order valence-electron chi connectivity index (χ2n) is 9.29. The summed E-state index contributed by atoms with van der Waals surface area (Å²) in [5, 5.41) is -0.289. The lowest BCUT2D eigenvalue weighted by atomic mass is 9.81. The number of nitrogens with zero attached hydrogens (tertiary/aromatic N) is 4. The molecule has 2 aromatic heterocycles. The second kappa shape index (κ2) is 10.3. The molecule has 0 amide bonds. The van der Waals surface area contributed by atoms with Crippen LogP contribution < -0.4 is 9.47 Å². The topological polar surface area (TPSA) is 121 Å². The largest absolute Gasteiger partial charge is 0.496 e. The van der Waals surface area contributed by atoms with E-state index in [4.69, 9.17) is 9.47 Å². The summed E-state index contributed by atoms with van der Waals surface area (Å²) in [4.78, 5) is 30.6. The number of sulfone groups is 1. The van der Waals surface area contributed by atoms with E-state index in [-0.39, 0.29) is 29.0 Å². The van der Waals surface area contributed by atoms with E-state index in [9.17, 15) is 13.2 Å². The van der Waals surface area contributed by atoms with Gasteiger partial charge in [-0.1, -0.05) is 12.1 Å². The molecule has 0 atom stereocenters. The summed E-state index contributed by atoms with van der Waals surface area (Å²) in [6, 6.07) is 7.19. The third-order valence-electron chi connectivity index (χ3n) is 6.24. The zero-order chi connectivity index (χ0) is 25.9. The molecule has 0 bridgehead atoms. The van der Waals surface area contributed by atoms with Crippen LogP contribution in [0.5, 0.6) is 11.6 Å². The number of benzene rings is 1. The fraction of sp³-hybridized carbons (Fsp3) is 0.423. The van der Waals surface area contributed by atoms with E-state index in [1.807, 2.05) is 25.1 Å². The van der Waals surface area contributed by atoms with E-state index in [2.05, 4.69) is 19.9 Å². The number of methoxy groups -OCH3 is 1. The highest BCUT2D eigenvalue weighted by Crippen LogP contribution is 2.32. The summed E-state index contributed by atoms with van der Waals surface area (Å²) >= 11 is 0. The Labute approximate surface area is 211 Å². The average Bonchev–Trinajstić information content (AvgIpc) is 3.71. The first-order valence-corrected chi connectivity index (χ1v) is 13.5. The van der Waals surface area contributed by atoms with Crippen LogP contribution in [-0.2, 0) is 32.2 Å². The minimum Gasteiger partial charge on any atom is -0.496 e. The van der Waals surface area contributed by atoms with Gasteiger partial charge in [0.25, 0.3) is 0 Å². The van der Waals surface area contributed by atoms with Gasteiger partial charge in [-0.25, -0.2) is 23.4 Å². The molecule has 9 nitrogen and oxygen atoms in total. The molecule has 0 N–H and O–H groups in total. The predicted octanol–water partition coefficient (Wildman–Crippen LogP) is 3.51. The van der Waals surface area contributed by atoms with Gasteiger partial charge in [-0.2, -0.15) is 0 Å². The lowest BCUT2D eigenvalue weighted by Crippen LogP contribution is -2.32. The Bertz CT molecular complexity index is 1370. The third-order valence-corrected chi connectivity index (χ3v) is 8.39. The molecule has 1 saturated carbocycles. The van der Waals surface area contributed by atoms with Crippen LogP contribution in [0.2, 0.25) is 0 Å². The van der Waals surface area contributed by atoms with Gasteiger partial charge in [0.15, 0.2) is 9.84 Å². The van der Waals surface area contributed by atoms with Crippen molar-refractivity contribution in [3.63, 3.8) is 0 Å². The second-order valence-corrected chi connectivity index (χ2v) is 11.6. The van der Waals surface area contributed by atoms with Gasteiger partial charge in [0, 0.05) is 23.7 Å². The first-order chi connectivity index (χ1) is 17.1.